The van der Waals surface area contributed by atoms with Crippen LogP contribution < -0.4 is 9.47 Å². The molecule has 0 unspecified atom stereocenters. The highest BCUT2D eigenvalue weighted by atomic mass is 19.1. The number of methoxy groups -OCH3 is 2. The van der Waals surface area contributed by atoms with Crippen LogP contribution in [0.1, 0.15) is 27.0 Å². The Hall–Kier alpha value is -2.86. The maximum absolute atomic E-state index is 13.7. The first kappa shape index (κ1) is 19.5. The lowest BCUT2D eigenvalue weighted by atomic mass is 9.98. The molecule has 0 radical (unpaired) electrons. The van der Waals surface area contributed by atoms with Gasteiger partial charge in [-0.2, -0.15) is 0 Å². The fourth-order valence-electron chi connectivity index (χ4n) is 2.65. The van der Waals surface area contributed by atoms with Crippen molar-refractivity contribution in [2.75, 3.05) is 21.0 Å². The van der Waals surface area contributed by atoms with Crippen molar-refractivity contribution < 1.29 is 28.5 Å². The van der Waals surface area contributed by atoms with Crippen molar-refractivity contribution in [3.63, 3.8) is 0 Å². The van der Waals surface area contributed by atoms with Gasteiger partial charge in [0.1, 0.15) is 28.6 Å². The van der Waals surface area contributed by atoms with Crippen molar-refractivity contribution in [2.45, 2.75) is 13.8 Å². The van der Waals surface area contributed by atoms with E-state index < -0.39 is 11.6 Å². The van der Waals surface area contributed by atoms with Gasteiger partial charge in [0.2, 0.25) is 0 Å². The predicted octanol–water partition coefficient (Wildman–Crippen LogP) is 4.04. The smallest absolute Gasteiger partial charge is 0.193 e. The minimum atomic E-state index is -0.507. The van der Waals surface area contributed by atoms with E-state index in [9.17, 15) is 14.3 Å². The van der Waals surface area contributed by atoms with E-state index in [1.807, 2.05) is 0 Å². The van der Waals surface area contributed by atoms with Gasteiger partial charge in [0.25, 0.3) is 0 Å². The molecule has 0 aliphatic heterocycles. The Bertz CT molecular complexity index is 843. The molecular formula is C20H21FO5. The summed E-state index contributed by atoms with van der Waals surface area (Å²) >= 11 is 0. The largest absolute Gasteiger partial charge is 0.507 e. The average molecular weight is 360 g/mol. The van der Waals surface area contributed by atoms with Gasteiger partial charge in [-0.3, -0.25) is 4.79 Å². The van der Waals surface area contributed by atoms with E-state index in [4.69, 9.17) is 14.2 Å². The van der Waals surface area contributed by atoms with Crippen LogP contribution in [0.2, 0.25) is 0 Å². The molecule has 0 spiro atoms. The lowest BCUT2D eigenvalue weighted by Crippen LogP contribution is -2.08. The quantitative estimate of drug-likeness (QED) is 0.459. The number of carbonyl (C=O) groups excluding carboxylic acids is 1. The standard InChI is InChI=1S/C20H21FO5/c1-12-18(23)17(20(25-4)13(2)19(12)26-11-24-3)16(22)10-9-14-7-5-6-8-15(14)21/h5-10,23H,11H2,1-4H3/b10-9+. The number of aromatic hydroxyl groups is 1. The van der Waals surface area contributed by atoms with Crippen LogP contribution in [-0.4, -0.2) is 31.9 Å². The van der Waals surface area contributed by atoms with E-state index in [0.717, 1.165) is 0 Å². The van der Waals surface area contributed by atoms with Crippen molar-refractivity contribution in [3.8, 4) is 17.2 Å². The van der Waals surface area contributed by atoms with Crippen LogP contribution in [0.15, 0.2) is 30.3 Å². The summed E-state index contributed by atoms with van der Waals surface area (Å²) in [4.78, 5) is 12.6. The number of allylic oxidation sites excluding steroid dienone is 1. The molecule has 138 valence electrons. The number of phenols is 1. The summed E-state index contributed by atoms with van der Waals surface area (Å²) in [6.45, 7) is 3.34. The summed E-state index contributed by atoms with van der Waals surface area (Å²) in [5, 5.41) is 10.5. The van der Waals surface area contributed by atoms with Crippen LogP contribution in [0, 0.1) is 19.7 Å². The molecule has 0 saturated carbocycles. The summed E-state index contributed by atoms with van der Waals surface area (Å²) < 4.78 is 29.4. The number of rotatable bonds is 7. The van der Waals surface area contributed by atoms with Crippen LogP contribution in [0.5, 0.6) is 17.2 Å². The lowest BCUT2D eigenvalue weighted by Gasteiger charge is -2.18. The molecule has 0 aromatic heterocycles. The lowest BCUT2D eigenvalue weighted by molar-refractivity contribution is 0.0497. The minimum Gasteiger partial charge on any atom is -0.507 e. The van der Waals surface area contributed by atoms with E-state index in [2.05, 4.69) is 0 Å². The monoisotopic (exact) mass is 360 g/mol. The van der Waals surface area contributed by atoms with Crippen LogP contribution in [0.25, 0.3) is 6.08 Å². The zero-order valence-electron chi connectivity index (χ0n) is 15.1. The third kappa shape index (κ3) is 3.86. The predicted molar refractivity (Wildman–Crippen MR) is 96.4 cm³/mol. The minimum absolute atomic E-state index is 0.000133. The summed E-state index contributed by atoms with van der Waals surface area (Å²) in [6, 6.07) is 6.09. The molecule has 2 aromatic carbocycles. The molecule has 0 aliphatic rings. The first-order valence-corrected chi connectivity index (χ1v) is 7.91. The summed E-state index contributed by atoms with van der Waals surface area (Å²) in [7, 11) is 2.88. The molecular weight excluding hydrogens is 339 g/mol. The van der Waals surface area contributed by atoms with Crippen LogP contribution in [0.4, 0.5) is 4.39 Å². The Morgan fingerprint density at radius 1 is 1.15 bits per heavy atom. The average Bonchev–Trinajstić information content (AvgIpc) is 2.63. The molecule has 0 heterocycles. The van der Waals surface area contributed by atoms with Gasteiger partial charge in [-0.1, -0.05) is 18.2 Å². The normalized spacial score (nSPS) is 11.0. The Kier molecular flexibility index (Phi) is 6.36. The van der Waals surface area contributed by atoms with E-state index in [0.29, 0.717) is 16.9 Å². The summed E-state index contributed by atoms with van der Waals surface area (Å²) in [5.41, 5.74) is 1.22. The summed E-state index contributed by atoms with van der Waals surface area (Å²) in [6.07, 6.45) is 2.56. The van der Waals surface area contributed by atoms with E-state index in [1.165, 1.54) is 32.4 Å². The second kappa shape index (κ2) is 8.49. The molecule has 0 atom stereocenters. The molecule has 1 N–H and O–H groups in total. The Balaban J connectivity index is 2.48. The highest BCUT2D eigenvalue weighted by molar-refractivity contribution is 6.11. The van der Waals surface area contributed by atoms with E-state index in [-0.39, 0.29) is 29.4 Å². The van der Waals surface area contributed by atoms with Crippen LogP contribution >= 0.6 is 0 Å². The van der Waals surface area contributed by atoms with Gasteiger partial charge in [0.15, 0.2) is 12.6 Å². The molecule has 0 amide bonds. The number of phenolic OH excluding ortho intramolecular Hbond substituents is 1. The van der Waals surface area contributed by atoms with Crippen molar-refractivity contribution in [1.29, 1.82) is 0 Å². The second-order valence-corrected chi connectivity index (χ2v) is 5.61. The number of benzene rings is 2. The fourth-order valence-corrected chi connectivity index (χ4v) is 2.65. The summed E-state index contributed by atoms with van der Waals surface area (Å²) in [5.74, 6) is -0.615. The molecule has 6 heteroatoms. The Morgan fingerprint density at radius 3 is 2.46 bits per heavy atom. The van der Waals surface area contributed by atoms with Crippen LogP contribution in [-0.2, 0) is 4.74 Å². The maximum atomic E-state index is 13.7. The van der Waals surface area contributed by atoms with Gasteiger partial charge in [0, 0.05) is 23.8 Å². The van der Waals surface area contributed by atoms with Crippen LogP contribution in [0.3, 0.4) is 0 Å². The molecule has 2 aromatic rings. The number of halogens is 1. The van der Waals surface area contributed by atoms with Gasteiger partial charge in [0.05, 0.1) is 7.11 Å². The van der Waals surface area contributed by atoms with Crippen molar-refractivity contribution in [1.82, 2.24) is 0 Å². The van der Waals surface area contributed by atoms with E-state index in [1.54, 1.807) is 32.0 Å². The topological polar surface area (TPSA) is 65.0 Å². The third-order valence-corrected chi connectivity index (χ3v) is 3.93. The fraction of sp³-hybridized carbons (Fsp3) is 0.250. The first-order valence-electron chi connectivity index (χ1n) is 7.91. The molecule has 2 rings (SSSR count). The third-order valence-electron chi connectivity index (χ3n) is 3.93. The van der Waals surface area contributed by atoms with Gasteiger partial charge in [-0.15, -0.1) is 0 Å². The highest BCUT2D eigenvalue weighted by Gasteiger charge is 2.24. The van der Waals surface area contributed by atoms with Gasteiger partial charge in [-0.25, -0.2) is 4.39 Å². The van der Waals surface area contributed by atoms with Crippen molar-refractivity contribution >= 4 is 11.9 Å². The first-order chi connectivity index (χ1) is 12.4. The van der Waals surface area contributed by atoms with Gasteiger partial charge in [-0.05, 0) is 32.1 Å². The molecule has 5 nitrogen and oxygen atoms in total. The van der Waals surface area contributed by atoms with Crippen molar-refractivity contribution in [3.05, 3.63) is 58.4 Å². The molecule has 0 bridgehead atoms. The van der Waals surface area contributed by atoms with Gasteiger partial charge >= 0.3 is 0 Å². The molecule has 0 fully saturated rings. The second-order valence-electron chi connectivity index (χ2n) is 5.61. The maximum Gasteiger partial charge on any atom is 0.193 e. The number of carbonyl (C=O) groups is 1. The molecule has 0 saturated heterocycles. The molecule has 26 heavy (non-hydrogen) atoms. The Morgan fingerprint density at radius 2 is 1.85 bits per heavy atom. The number of hydrogen-bond acceptors (Lipinski definition) is 5. The number of ether oxygens (including phenoxy) is 3. The Labute approximate surface area is 151 Å². The van der Waals surface area contributed by atoms with E-state index >= 15 is 0 Å². The number of ketones is 1. The zero-order valence-corrected chi connectivity index (χ0v) is 15.1. The zero-order chi connectivity index (χ0) is 19.3. The molecule has 0 aliphatic carbocycles. The van der Waals surface area contributed by atoms with Crippen molar-refractivity contribution in [2.24, 2.45) is 0 Å². The SMILES string of the molecule is COCOc1c(C)c(O)c(C(=O)/C=C/c2ccccc2F)c(OC)c1C. The highest BCUT2D eigenvalue weighted by Crippen LogP contribution is 2.42. The number of hydrogen-bond donors (Lipinski definition) is 1. The van der Waals surface area contributed by atoms with Gasteiger partial charge < -0.3 is 19.3 Å².